The third-order valence-electron chi connectivity index (χ3n) is 2.12. The van der Waals surface area contributed by atoms with Crippen molar-refractivity contribution in [3.8, 4) is 10.6 Å². The van der Waals surface area contributed by atoms with Gasteiger partial charge in [-0.05, 0) is 19.1 Å². The van der Waals surface area contributed by atoms with E-state index in [1.54, 1.807) is 29.8 Å². The number of nitrogens with one attached hydrogen (secondary N) is 1. The predicted molar refractivity (Wildman–Crippen MR) is 75.4 cm³/mol. The first-order valence-electron chi connectivity index (χ1n) is 5.15. The maximum Gasteiger partial charge on any atom is 0.183 e. The molecular formula is C11H13ClN2OS2. The smallest absolute Gasteiger partial charge is 0.183 e. The van der Waals surface area contributed by atoms with Gasteiger partial charge in [-0.15, -0.1) is 22.7 Å². The normalized spacial score (nSPS) is 12.6. The fraction of sp³-hybridized carbons (Fsp3) is 0.364. The van der Waals surface area contributed by atoms with Gasteiger partial charge in [0.1, 0.15) is 0 Å². The number of methoxy groups -OCH3 is 1. The molecule has 0 amide bonds. The Balaban J connectivity index is 2.05. The first-order valence-corrected chi connectivity index (χ1v) is 7.23. The molecular weight excluding hydrogens is 276 g/mol. The van der Waals surface area contributed by atoms with Crippen molar-refractivity contribution in [2.24, 2.45) is 0 Å². The van der Waals surface area contributed by atoms with Crippen molar-refractivity contribution in [3.63, 3.8) is 0 Å². The number of aromatic nitrogens is 1. The van der Waals surface area contributed by atoms with Crippen LogP contribution in [-0.4, -0.2) is 24.7 Å². The summed E-state index contributed by atoms with van der Waals surface area (Å²) in [5.41, 5.74) is 0.971. The quantitative estimate of drug-likeness (QED) is 0.904. The summed E-state index contributed by atoms with van der Waals surface area (Å²) in [7, 11) is 1.69. The molecule has 0 aliphatic rings. The van der Waals surface area contributed by atoms with Crippen LogP contribution in [0.25, 0.3) is 10.6 Å². The van der Waals surface area contributed by atoms with Crippen molar-refractivity contribution < 1.29 is 4.74 Å². The van der Waals surface area contributed by atoms with Gasteiger partial charge >= 0.3 is 0 Å². The van der Waals surface area contributed by atoms with E-state index in [2.05, 4.69) is 17.2 Å². The van der Waals surface area contributed by atoms with Crippen LogP contribution in [0.1, 0.15) is 6.92 Å². The minimum Gasteiger partial charge on any atom is -0.383 e. The molecule has 17 heavy (non-hydrogen) atoms. The average Bonchev–Trinajstić information content (AvgIpc) is 2.87. The number of hydrogen-bond acceptors (Lipinski definition) is 5. The lowest BCUT2D eigenvalue weighted by Gasteiger charge is -2.10. The number of hydrogen-bond donors (Lipinski definition) is 1. The molecule has 2 aromatic rings. The van der Waals surface area contributed by atoms with E-state index < -0.39 is 0 Å². The zero-order chi connectivity index (χ0) is 12.3. The van der Waals surface area contributed by atoms with Crippen LogP contribution in [0.2, 0.25) is 4.34 Å². The molecule has 0 saturated carbocycles. The molecule has 1 atom stereocenters. The minimum atomic E-state index is 0.255. The molecule has 1 unspecified atom stereocenters. The second kappa shape index (κ2) is 5.82. The number of thiophene rings is 1. The highest BCUT2D eigenvalue weighted by molar-refractivity contribution is 7.20. The summed E-state index contributed by atoms with van der Waals surface area (Å²) in [5, 5.41) is 6.24. The second-order valence-electron chi connectivity index (χ2n) is 3.64. The van der Waals surface area contributed by atoms with Gasteiger partial charge in [0.05, 0.1) is 21.5 Å². The molecule has 2 heterocycles. The number of ether oxygens (including phenoxy) is 1. The molecule has 1 N–H and O–H groups in total. The first-order chi connectivity index (χ1) is 8.19. The minimum absolute atomic E-state index is 0.255. The van der Waals surface area contributed by atoms with E-state index >= 15 is 0 Å². The van der Waals surface area contributed by atoms with Crippen molar-refractivity contribution in [2.45, 2.75) is 13.0 Å². The molecule has 0 aliphatic heterocycles. The van der Waals surface area contributed by atoms with Crippen molar-refractivity contribution in [3.05, 3.63) is 21.8 Å². The Morgan fingerprint density at radius 2 is 2.35 bits per heavy atom. The molecule has 0 spiro atoms. The monoisotopic (exact) mass is 288 g/mol. The highest BCUT2D eigenvalue weighted by Gasteiger charge is 2.08. The van der Waals surface area contributed by atoms with E-state index in [4.69, 9.17) is 16.3 Å². The van der Waals surface area contributed by atoms with Crippen molar-refractivity contribution in [1.29, 1.82) is 0 Å². The van der Waals surface area contributed by atoms with Crippen LogP contribution in [0.15, 0.2) is 17.5 Å². The summed E-state index contributed by atoms with van der Waals surface area (Å²) in [6.45, 7) is 2.73. The Hall–Kier alpha value is -0.620. The predicted octanol–water partition coefficient (Wildman–Crippen LogP) is 3.97. The molecule has 0 radical (unpaired) electrons. The van der Waals surface area contributed by atoms with E-state index in [9.17, 15) is 0 Å². The van der Waals surface area contributed by atoms with Gasteiger partial charge in [0.15, 0.2) is 5.13 Å². The summed E-state index contributed by atoms with van der Waals surface area (Å²) in [4.78, 5) is 5.62. The van der Waals surface area contributed by atoms with Crippen molar-refractivity contribution in [1.82, 2.24) is 4.98 Å². The maximum atomic E-state index is 5.90. The summed E-state index contributed by atoms with van der Waals surface area (Å²) in [5.74, 6) is 0. The van der Waals surface area contributed by atoms with Crippen LogP contribution in [0.3, 0.4) is 0 Å². The lowest BCUT2D eigenvalue weighted by molar-refractivity contribution is 0.190. The molecule has 0 saturated heterocycles. The number of nitrogens with zero attached hydrogens (tertiary/aromatic N) is 1. The molecule has 0 aromatic carbocycles. The van der Waals surface area contributed by atoms with Crippen molar-refractivity contribution in [2.75, 3.05) is 19.0 Å². The van der Waals surface area contributed by atoms with Crippen LogP contribution in [0.5, 0.6) is 0 Å². The fourth-order valence-electron chi connectivity index (χ4n) is 1.41. The summed E-state index contributed by atoms with van der Waals surface area (Å²) in [6.07, 6.45) is 0. The summed E-state index contributed by atoms with van der Waals surface area (Å²) in [6, 6.07) is 4.14. The third-order valence-corrected chi connectivity index (χ3v) is 4.14. The van der Waals surface area contributed by atoms with Gasteiger partial charge in [0.25, 0.3) is 0 Å². The highest BCUT2D eigenvalue weighted by atomic mass is 35.5. The lowest BCUT2D eigenvalue weighted by atomic mass is 10.4. The van der Waals surface area contributed by atoms with Crippen molar-refractivity contribution >= 4 is 39.4 Å². The zero-order valence-corrected chi connectivity index (χ0v) is 12.0. The van der Waals surface area contributed by atoms with Crippen LogP contribution in [-0.2, 0) is 4.74 Å². The lowest BCUT2D eigenvalue weighted by Crippen LogP contribution is -2.20. The van der Waals surface area contributed by atoms with Gasteiger partial charge in [0.2, 0.25) is 0 Å². The molecule has 0 bridgehead atoms. The zero-order valence-electron chi connectivity index (χ0n) is 9.57. The van der Waals surface area contributed by atoms with Gasteiger partial charge in [-0.3, -0.25) is 0 Å². The Morgan fingerprint density at radius 3 is 3.00 bits per heavy atom. The van der Waals surface area contributed by atoms with Gasteiger partial charge in [-0.1, -0.05) is 11.6 Å². The fourth-order valence-corrected chi connectivity index (χ4v) is 3.31. The van der Waals surface area contributed by atoms with Crippen LogP contribution in [0.4, 0.5) is 5.13 Å². The number of anilines is 1. The first kappa shape index (κ1) is 12.8. The molecule has 3 nitrogen and oxygen atoms in total. The van der Waals surface area contributed by atoms with Gasteiger partial charge in [0, 0.05) is 18.5 Å². The van der Waals surface area contributed by atoms with E-state index in [1.165, 1.54) is 0 Å². The molecule has 92 valence electrons. The highest BCUT2D eigenvalue weighted by Crippen LogP contribution is 2.32. The topological polar surface area (TPSA) is 34.1 Å². The van der Waals surface area contributed by atoms with E-state index in [1.807, 2.05) is 17.5 Å². The molecule has 0 fully saturated rings. The Labute approximate surface area is 113 Å². The molecule has 6 heteroatoms. The Kier molecular flexibility index (Phi) is 4.39. The molecule has 2 rings (SSSR count). The third kappa shape index (κ3) is 3.42. The largest absolute Gasteiger partial charge is 0.383 e. The summed E-state index contributed by atoms with van der Waals surface area (Å²) >= 11 is 9.04. The Bertz CT molecular complexity index is 483. The SMILES string of the molecule is COCC(C)Nc1nc(-c2ccc(Cl)s2)cs1. The van der Waals surface area contributed by atoms with Crippen LogP contribution < -0.4 is 5.32 Å². The van der Waals surface area contributed by atoms with Gasteiger partial charge in [-0.25, -0.2) is 4.98 Å². The standard InChI is InChI=1S/C11H13ClN2OS2/c1-7(5-15-2)13-11-14-8(6-16-11)9-3-4-10(12)17-9/h3-4,6-7H,5H2,1-2H3,(H,13,14). The number of rotatable bonds is 5. The maximum absolute atomic E-state index is 5.90. The van der Waals surface area contributed by atoms with E-state index in [0.29, 0.717) is 6.61 Å². The summed E-state index contributed by atoms with van der Waals surface area (Å²) < 4.78 is 5.86. The van der Waals surface area contributed by atoms with Crippen LogP contribution in [0, 0.1) is 0 Å². The average molecular weight is 289 g/mol. The van der Waals surface area contributed by atoms with Gasteiger partial charge < -0.3 is 10.1 Å². The number of halogens is 1. The molecule has 0 aliphatic carbocycles. The molecule has 2 aromatic heterocycles. The van der Waals surface area contributed by atoms with E-state index in [0.717, 1.165) is 20.0 Å². The van der Waals surface area contributed by atoms with Crippen LogP contribution >= 0.6 is 34.3 Å². The Morgan fingerprint density at radius 1 is 1.53 bits per heavy atom. The second-order valence-corrected chi connectivity index (χ2v) is 6.22. The number of thiazole rings is 1. The van der Waals surface area contributed by atoms with E-state index in [-0.39, 0.29) is 6.04 Å². The van der Waals surface area contributed by atoms with Gasteiger partial charge in [-0.2, -0.15) is 0 Å².